The third kappa shape index (κ3) is 3.30. The van der Waals surface area contributed by atoms with Crippen LogP contribution in [0, 0.1) is 0 Å². The molecular formula is C16H23NO3S. The number of fused-ring (bicyclic) bond motifs is 1. The molecule has 0 atom stereocenters. The molecule has 2 aliphatic carbocycles. The molecule has 5 heteroatoms. The summed E-state index contributed by atoms with van der Waals surface area (Å²) in [7, 11) is -3.53. The van der Waals surface area contributed by atoms with Gasteiger partial charge in [0.15, 0.2) is 0 Å². The lowest BCUT2D eigenvalue weighted by Crippen LogP contribution is -2.40. The third-order valence-corrected chi connectivity index (χ3v) is 6.15. The summed E-state index contributed by atoms with van der Waals surface area (Å²) >= 11 is 0. The topological polar surface area (TPSA) is 66.4 Å². The number of nitrogens with one attached hydrogen (secondary N) is 1. The third-order valence-electron chi connectivity index (χ3n) is 4.76. The van der Waals surface area contributed by atoms with Crippen molar-refractivity contribution in [3.05, 3.63) is 29.3 Å². The quantitative estimate of drug-likeness (QED) is 0.895. The second-order valence-electron chi connectivity index (χ2n) is 6.39. The van der Waals surface area contributed by atoms with Crippen LogP contribution in [0.4, 0.5) is 0 Å². The molecule has 2 aliphatic rings. The Morgan fingerprint density at radius 2 is 1.71 bits per heavy atom. The Hall–Kier alpha value is -0.910. The molecule has 0 aliphatic heterocycles. The van der Waals surface area contributed by atoms with Gasteiger partial charge < -0.3 is 5.11 Å². The van der Waals surface area contributed by atoms with Gasteiger partial charge >= 0.3 is 0 Å². The van der Waals surface area contributed by atoms with Crippen LogP contribution in [0.3, 0.4) is 0 Å². The van der Waals surface area contributed by atoms with E-state index in [0.717, 1.165) is 37.7 Å². The molecule has 0 spiro atoms. The summed E-state index contributed by atoms with van der Waals surface area (Å²) in [5.41, 5.74) is 1.57. The number of hydrogen-bond acceptors (Lipinski definition) is 3. The molecule has 0 unspecified atom stereocenters. The van der Waals surface area contributed by atoms with Gasteiger partial charge in [-0.05, 0) is 61.8 Å². The van der Waals surface area contributed by atoms with E-state index in [-0.39, 0.29) is 6.54 Å². The molecule has 21 heavy (non-hydrogen) atoms. The van der Waals surface area contributed by atoms with E-state index in [1.165, 1.54) is 12.0 Å². The van der Waals surface area contributed by atoms with Gasteiger partial charge in [-0.1, -0.05) is 18.9 Å². The lowest BCUT2D eigenvalue weighted by Gasteiger charge is -2.22. The van der Waals surface area contributed by atoms with Crippen LogP contribution in [0.15, 0.2) is 23.1 Å². The van der Waals surface area contributed by atoms with E-state index < -0.39 is 15.6 Å². The summed E-state index contributed by atoms with van der Waals surface area (Å²) in [6.07, 6.45) is 7.62. The summed E-state index contributed by atoms with van der Waals surface area (Å²) in [4.78, 5) is 0.324. The zero-order valence-corrected chi connectivity index (χ0v) is 13.1. The van der Waals surface area contributed by atoms with Gasteiger partial charge in [0.25, 0.3) is 0 Å². The highest BCUT2D eigenvalue weighted by molar-refractivity contribution is 7.89. The van der Waals surface area contributed by atoms with Crippen molar-refractivity contribution in [3.8, 4) is 0 Å². The highest BCUT2D eigenvalue weighted by Gasteiger charge is 2.32. The minimum Gasteiger partial charge on any atom is -0.389 e. The van der Waals surface area contributed by atoms with Gasteiger partial charge in [0.05, 0.1) is 10.5 Å². The largest absolute Gasteiger partial charge is 0.389 e. The molecular weight excluding hydrogens is 286 g/mol. The first-order chi connectivity index (χ1) is 9.99. The van der Waals surface area contributed by atoms with Crippen LogP contribution in [0.2, 0.25) is 0 Å². The van der Waals surface area contributed by atoms with Crippen molar-refractivity contribution in [2.75, 3.05) is 6.54 Å². The maximum absolute atomic E-state index is 12.4. The number of sulfonamides is 1. The van der Waals surface area contributed by atoms with E-state index >= 15 is 0 Å². The van der Waals surface area contributed by atoms with Gasteiger partial charge in [0.1, 0.15) is 0 Å². The van der Waals surface area contributed by atoms with E-state index in [1.807, 2.05) is 6.07 Å². The standard InChI is InChI=1S/C16H23NO3S/c18-16(9-3-4-10-16)12-17-21(19,20)15-8-7-13-5-1-2-6-14(13)11-15/h7-8,11,17-18H,1-6,9-10,12H2. The SMILES string of the molecule is O=S(=O)(NCC1(O)CCCC1)c1ccc2c(c1)CCCC2. The molecule has 0 aromatic heterocycles. The summed E-state index contributed by atoms with van der Waals surface area (Å²) in [5.74, 6) is 0. The van der Waals surface area contributed by atoms with E-state index in [9.17, 15) is 13.5 Å². The van der Waals surface area contributed by atoms with Gasteiger partial charge in [0.2, 0.25) is 10.0 Å². The second kappa shape index (κ2) is 5.71. The number of aliphatic hydroxyl groups is 1. The molecule has 3 rings (SSSR count). The monoisotopic (exact) mass is 309 g/mol. The molecule has 1 aromatic rings. The average molecular weight is 309 g/mol. The summed E-state index contributed by atoms with van der Waals surface area (Å²) < 4.78 is 27.4. The fraction of sp³-hybridized carbons (Fsp3) is 0.625. The maximum Gasteiger partial charge on any atom is 0.240 e. The van der Waals surface area contributed by atoms with Gasteiger partial charge in [0, 0.05) is 6.54 Å². The fourth-order valence-corrected chi connectivity index (χ4v) is 4.57. The van der Waals surface area contributed by atoms with Crippen LogP contribution in [0.1, 0.15) is 49.7 Å². The predicted octanol–water partition coefficient (Wildman–Crippen LogP) is 2.15. The second-order valence-corrected chi connectivity index (χ2v) is 8.16. The van der Waals surface area contributed by atoms with Crippen LogP contribution < -0.4 is 4.72 Å². The smallest absolute Gasteiger partial charge is 0.240 e. The summed E-state index contributed by atoms with van der Waals surface area (Å²) in [5, 5.41) is 10.3. The highest BCUT2D eigenvalue weighted by Crippen LogP contribution is 2.29. The first-order valence-electron chi connectivity index (χ1n) is 7.82. The van der Waals surface area contributed by atoms with E-state index in [0.29, 0.717) is 17.7 Å². The number of aryl methyl sites for hydroxylation is 2. The van der Waals surface area contributed by atoms with Gasteiger partial charge in [-0.25, -0.2) is 13.1 Å². The Labute approximate surface area is 126 Å². The summed E-state index contributed by atoms with van der Waals surface area (Å²) in [6, 6.07) is 5.42. The van der Waals surface area contributed by atoms with E-state index in [2.05, 4.69) is 4.72 Å². The minimum atomic E-state index is -3.53. The Bertz CT molecular complexity index is 618. The van der Waals surface area contributed by atoms with Crippen molar-refractivity contribution in [2.45, 2.75) is 61.9 Å². The van der Waals surface area contributed by atoms with E-state index in [1.54, 1.807) is 12.1 Å². The van der Waals surface area contributed by atoms with Crippen LogP contribution in [-0.4, -0.2) is 25.7 Å². The lowest BCUT2D eigenvalue weighted by molar-refractivity contribution is 0.0532. The molecule has 0 bridgehead atoms. The normalized spacial score (nSPS) is 21.2. The summed E-state index contributed by atoms with van der Waals surface area (Å²) in [6.45, 7) is 0.117. The van der Waals surface area contributed by atoms with Crippen molar-refractivity contribution in [1.29, 1.82) is 0 Å². The Morgan fingerprint density at radius 3 is 2.43 bits per heavy atom. The molecule has 0 heterocycles. The lowest BCUT2D eigenvalue weighted by atomic mass is 9.92. The van der Waals surface area contributed by atoms with Crippen LogP contribution in [0.25, 0.3) is 0 Å². The molecule has 4 nitrogen and oxygen atoms in total. The van der Waals surface area contributed by atoms with Gasteiger partial charge in [-0.3, -0.25) is 0 Å². The molecule has 0 amide bonds. The number of hydrogen-bond donors (Lipinski definition) is 2. The van der Waals surface area contributed by atoms with Crippen molar-refractivity contribution in [1.82, 2.24) is 4.72 Å². The molecule has 1 aromatic carbocycles. The Kier molecular flexibility index (Phi) is 4.08. The Balaban J connectivity index is 1.75. The van der Waals surface area contributed by atoms with Crippen LogP contribution in [0.5, 0.6) is 0 Å². The molecule has 1 fully saturated rings. The molecule has 2 N–H and O–H groups in total. The Morgan fingerprint density at radius 1 is 1.05 bits per heavy atom. The van der Waals surface area contributed by atoms with Gasteiger partial charge in [-0.15, -0.1) is 0 Å². The maximum atomic E-state index is 12.4. The van der Waals surface area contributed by atoms with Crippen molar-refractivity contribution >= 4 is 10.0 Å². The molecule has 1 saturated carbocycles. The van der Waals surface area contributed by atoms with E-state index in [4.69, 9.17) is 0 Å². The number of rotatable bonds is 4. The van der Waals surface area contributed by atoms with Crippen molar-refractivity contribution < 1.29 is 13.5 Å². The zero-order valence-electron chi connectivity index (χ0n) is 12.3. The first-order valence-corrected chi connectivity index (χ1v) is 9.31. The molecule has 0 saturated heterocycles. The molecule has 116 valence electrons. The van der Waals surface area contributed by atoms with Crippen molar-refractivity contribution in [3.63, 3.8) is 0 Å². The molecule has 0 radical (unpaired) electrons. The minimum absolute atomic E-state index is 0.117. The fourth-order valence-electron chi connectivity index (χ4n) is 3.40. The zero-order chi connectivity index (χ0) is 14.9. The predicted molar refractivity (Wildman–Crippen MR) is 81.7 cm³/mol. The average Bonchev–Trinajstić information content (AvgIpc) is 2.92. The van der Waals surface area contributed by atoms with Crippen molar-refractivity contribution in [2.24, 2.45) is 0 Å². The number of benzene rings is 1. The van der Waals surface area contributed by atoms with Crippen LogP contribution in [-0.2, 0) is 22.9 Å². The first kappa shape index (κ1) is 15.0. The van der Waals surface area contributed by atoms with Gasteiger partial charge in [-0.2, -0.15) is 0 Å². The highest BCUT2D eigenvalue weighted by atomic mass is 32.2. The van der Waals surface area contributed by atoms with Crippen LogP contribution >= 0.6 is 0 Å².